The molecule has 0 saturated heterocycles. The van der Waals surface area contributed by atoms with Gasteiger partial charge in [0, 0.05) is 17.8 Å². The lowest BCUT2D eigenvalue weighted by Gasteiger charge is -2.05. The van der Waals surface area contributed by atoms with E-state index in [1.165, 1.54) is 53.9 Å². The summed E-state index contributed by atoms with van der Waals surface area (Å²) in [7, 11) is 0. The number of hydrogen-bond donors (Lipinski definition) is 0. The lowest BCUT2D eigenvalue weighted by atomic mass is 10.0. The van der Waals surface area contributed by atoms with Crippen LogP contribution in [-0.4, -0.2) is 33.5 Å². The Hall–Kier alpha value is -3.81. The third kappa shape index (κ3) is 3.40. The first-order valence-electron chi connectivity index (χ1n) is 8.88. The summed E-state index contributed by atoms with van der Waals surface area (Å²) in [5, 5.41) is 11.4. The number of hydrogen-bond acceptors (Lipinski definition) is 6. The minimum Gasteiger partial charge on any atom is -0.462 e. The van der Waals surface area contributed by atoms with E-state index in [4.69, 9.17) is 4.74 Å². The highest BCUT2D eigenvalue weighted by Crippen LogP contribution is 2.29. The zero-order chi connectivity index (χ0) is 21.3. The Kier molecular flexibility index (Phi) is 5.27. The Balaban J connectivity index is 2.32. The maximum Gasteiger partial charge on any atom is 0.340 e. The van der Waals surface area contributed by atoms with E-state index in [0.29, 0.717) is 16.6 Å². The topological polar surface area (TPSA) is 108 Å². The van der Waals surface area contributed by atoms with Gasteiger partial charge in [-0.25, -0.2) is 4.79 Å². The molecule has 0 unspecified atom stereocenters. The average molecular weight is 394 g/mol. The number of nitro groups is 1. The summed E-state index contributed by atoms with van der Waals surface area (Å²) in [4.78, 5) is 48.4. The lowest BCUT2D eigenvalue weighted by Crippen LogP contribution is -2.10. The minimum absolute atomic E-state index is 0.0916. The summed E-state index contributed by atoms with van der Waals surface area (Å²) in [6.45, 7) is 4.76. The van der Waals surface area contributed by atoms with Gasteiger partial charge in [-0.1, -0.05) is 12.1 Å². The third-order valence-electron chi connectivity index (χ3n) is 4.63. The fourth-order valence-corrected chi connectivity index (χ4v) is 3.29. The zero-order valence-electron chi connectivity index (χ0n) is 16.1. The van der Waals surface area contributed by atoms with Crippen molar-refractivity contribution in [2.24, 2.45) is 0 Å². The van der Waals surface area contributed by atoms with Gasteiger partial charge in [-0.3, -0.25) is 19.7 Å². The van der Waals surface area contributed by atoms with Gasteiger partial charge in [-0.2, -0.15) is 0 Å². The van der Waals surface area contributed by atoms with E-state index >= 15 is 0 Å². The second-order valence-electron chi connectivity index (χ2n) is 6.40. The Labute approximate surface area is 165 Å². The average Bonchev–Trinajstić information content (AvgIpc) is 2.98. The Morgan fingerprint density at radius 3 is 2.48 bits per heavy atom. The number of ketones is 2. The molecule has 0 spiro atoms. The molecule has 0 radical (unpaired) electrons. The maximum absolute atomic E-state index is 13.3. The standard InChI is InChI=1S/C21H18N2O6/c1-4-29-21(26)18-12(2)19(22-10-9-14(13(3)24)11-17(18)22)20(25)15-7-5-6-8-16(15)23(27)28/h5-11H,4H2,1-3H3. The minimum atomic E-state index is -0.634. The first-order chi connectivity index (χ1) is 13.8. The first kappa shape index (κ1) is 19.9. The number of nitrogens with zero attached hydrogens (tertiary/aromatic N) is 2. The number of aromatic nitrogens is 1. The van der Waals surface area contributed by atoms with Crippen molar-refractivity contribution in [3.63, 3.8) is 0 Å². The van der Waals surface area contributed by atoms with E-state index in [1.54, 1.807) is 13.8 Å². The van der Waals surface area contributed by atoms with Crippen LogP contribution in [0, 0.1) is 17.0 Å². The predicted octanol–water partition coefficient (Wildman–Crippen LogP) is 3.77. The number of pyridine rings is 1. The van der Waals surface area contributed by atoms with Crippen LogP contribution in [0.1, 0.15) is 56.2 Å². The number of fused-ring (bicyclic) bond motifs is 1. The number of benzene rings is 1. The second-order valence-corrected chi connectivity index (χ2v) is 6.40. The summed E-state index contributed by atoms with van der Waals surface area (Å²) in [6.07, 6.45) is 1.50. The van der Waals surface area contributed by atoms with Gasteiger partial charge >= 0.3 is 5.97 Å². The van der Waals surface area contributed by atoms with Crippen molar-refractivity contribution in [3.05, 3.63) is 80.7 Å². The SMILES string of the molecule is CCOC(=O)c1c(C)c(C(=O)c2ccccc2[N+](=O)[O-])n2ccc(C(C)=O)cc12. The van der Waals surface area contributed by atoms with Crippen LogP contribution >= 0.6 is 0 Å². The summed E-state index contributed by atoms with van der Waals surface area (Å²) >= 11 is 0. The van der Waals surface area contributed by atoms with E-state index < -0.39 is 16.7 Å². The van der Waals surface area contributed by atoms with Gasteiger partial charge < -0.3 is 9.14 Å². The van der Waals surface area contributed by atoms with Crippen LogP contribution in [-0.2, 0) is 4.74 Å². The number of rotatable bonds is 6. The number of para-hydroxylation sites is 1. The van der Waals surface area contributed by atoms with Gasteiger partial charge in [0.2, 0.25) is 5.78 Å². The molecule has 0 atom stereocenters. The Morgan fingerprint density at radius 2 is 1.86 bits per heavy atom. The van der Waals surface area contributed by atoms with Crippen molar-refractivity contribution in [1.29, 1.82) is 0 Å². The predicted molar refractivity (Wildman–Crippen MR) is 105 cm³/mol. The van der Waals surface area contributed by atoms with E-state index in [0.717, 1.165) is 0 Å². The summed E-state index contributed by atoms with van der Waals surface area (Å²) < 4.78 is 6.59. The fourth-order valence-electron chi connectivity index (χ4n) is 3.29. The Morgan fingerprint density at radius 1 is 1.17 bits per heavy atom. The van der Waals surface area contributed by atoms with E-state index in [2.05, 4.69) is 0 Å². The molecule has 0 N–H and O–H groups in total. The highest BCUT2D eigenvalue weighted by Gasteiger charge is 2.29. The van der Waals surface area contributed by atoms with Gasteiger partial charge in [0.25, 0.3) is 5.69 Å². The molecular weight excluding hydrogens is 376 g/mol. The normalized spacial score (nSPS) is 10.7. The number of ether oxygens (including phenoxy) is 1. The molecule has 2 aromatic heterocycles. The molecule has 2 heterocycles. The molecule has 3 rings (SSSR count). The third-order valence-corrected chi connectivity index (χ3v) is 4.63. The summed E-state index contributed by atoms with van der Waals surface area (Å²) in [5.74, 6) is -1.44. The van der Waals surface area contributed by atoms with Crippen molar-refractivity contribution in [1.82, 2.24) is 4.40 Å². The number of nitro benzene ring substituents is 1. The molecule has 0 aliphatic heterocycles. The van der Waals surface area contributed by atoms with Crippen LogP contribution in [0.5, 0.6) is 0 Å². The van der Waals surface area contributed by atoms with Gasteiger partial charge in [0.15, 0.2) is 5.78 Å². The molecular formula is C21H18N2O6. The van der Waals surface area contributed by atoms with E-state index in [9.17, 15) is 24.5 Å². The number of esters is 1. The fraction of sp³-hybridized carbons (Fsp3) is 0.190. The smallest absolute Gasteiger partial charge is 0.340 e. The van der Waals surface area contributed by atoms with E-state index in [1.807, 2.05) is 0 Å². The number of Topliss-reactive ketones (excluding diaryl/α,β-unsaturated/α-hetero) is 1. The molecule has 0 fully saturated rings. The van der Waals surface area contributed by atoms with Crippen LogP contribution in [0.25, 0.3) is 5.52 Å². The number of carbonyl (C=O) groups is 3. The van der Waals surface area contributed by atoms with Crippen LogP contribution < -0.4 is 0 Å². The van der Waals surface area contributed by atoms with Crippen LogP contribution in [0.15, 0.2) is 42.6 Å². The van der Waals surface area contributed by atoms with Crippen molar-refractivity contribution in [2.45, 2.75) is 20.8 Å². The van der Waals surface area contributed by atoms with Crippen LogP contribution in [0.3, 0.4) is 0 Å². The summed E-state index contributed by atoms with van der Waals surface area (Å²) in [5.41, 5.74) is 0.855. The van der Waals surface area contributed by atoms with Gasteiger partial charge in [-0.15, -0.1) is 0 Å². The van der Waals surface area contributed by atoms with Crippen LogP contribution in [0.4, 0.5) is 5.69 Å². The largest absolute Gasteiger partial charge is 0.462 e. The molecule has 8 nitrogen and oxygen atoms in total. The van der Waals surface area contributed by atoms with Gasteiger partial charge in [0.1, 0.15) is 5.56 Å². The molecule has 8 heteroatoms. The quantitative estimate of drug-likeness (QED) is 0.273. The van der Waals surface area contributed by atoms with Crippen LogP contribution in [0.2, 0.25) is 0 Å². The molecule has 3 aromatic rings. The number of carbonyl (C=O) groups excluding carboxylic acids is 3. The molecule has 0 bridgehead atoms. The molecule has 29 heavy (non-hydrogen) atoms. The highest BCUT2D eigenvalue weighted by atomic mass is 16.6. The lowest BCUT2D eigenvalue weighted by molar-refractivity contribution is -0.385. The highest BCUT2D eigenvalue weighted by molar-refractivity contribution is 6.15. The van der Waals surface area contributed by atoms with Crippen molar-refractivity contribution < 1.29 is 24.0 Å². The van der Waals surface area contributed by atoms with Crippen molar-refractivity contribution >= 4 is 28.7 Å². The van der Waals surface area contributed by atoms with Gasteiger partial charge in [0.05, 0.1) is 28.3 Å². The van der Waals surface area contributed by atoms with Gasteiger partial charge in [-0.05, 0) is 44.5 Å². The molecule has 148 valence electrons. The van der Waals surface area contributed by atoms with E-state index in [-0.39, 0.29) is 34.9 Å². The summed E-state index contributed by atoms with van der Waals surface area (Å²) in [6, 6.07) is 8.66. The van der Waals surface area contributed by atoms with Crippen molar-refractivity contribution in [2.75, 3.05) is 6.61 Å². The first-order valence-corrected chi connectivity index (χ1v) is 8.88. The molecule has 0 aliphatic rings. The Bertz CT molecular complexity index is 1180. The maximum atomic E-state index is 13.3. The molecule has 0 aliphatic carbocycles. The monoisotopic (exact) mass is 394 g/mol. The van der Waals surface area contributed by atoms with Crippen molar-refractivity contribution in [3.8, 4) is 0 Å². The zero-order valence-corrected chi connectivity index (χ0v) is 16.1. The molecule has 0 amide bonds. The molecule has 0 saturated carbocycles. The molecule has 1 aromatic carbocycles. The second kappa shape index (κ2) is 7.67.